The third-order valence-corrected chi connectivity index (χ3v) is 4.16. The van der Waals surface area contributed by atoms with Crippen molar-refractivity contribution in [2.45, 2.75) is 20.4 Å². The van der Waals surface area contributed by atoms with Gasteiger partial charge < -0.3 is 10.6 Å². The fourth-order valence-corrected chi connectivity index (χ4v) is 2.53. The summed E-state index contributed by atoms with van der Waals surface area (Å²) in [5.74, 6) is 0.256. The summed E-state index contributed by atoms with van der Waals surface area (Å²) >= 11 is 0. The summed E-state index contributed by atoms with van der Waals surface area (Å²) in [5, 5.41) is 13.9. The normalized spacial score (nSPS) is 10.3. The van der Waals surface area contributed by atoms with Crippen molar-refractivity contribution in [1.82, 2.24) is 15.5 Å². The van der Waals surface area contributed by atoms with Gasteiger partial charge in [-0.1, -0.05) is 24.3 Å². The Kier molecular flexibility index (Phi) is 5.56. The van der Waals surface area contributed by atoms with Crippen LogP contribution >= 0.6 is 0 Å². The molecule has 3 rings (SSSR count). The first-order valence-corrected chi connectivity index (χ1v) is 8.57. The van der Waals surface area contributed by atoms with E-state index in [2.05, 4.69) is 20.8 Å². The second-order valence-electron chi connectivity index (χ2n) is 6.17. The highest BCUT2D eigenvalue weighted by Crippen LogP contribution is 2.15. The molecule has 0 fully saturated rings. The lowest BCUT2D eigenvalue weighted by atomic mass is 10.1. The number of nitrogens with zero attached hydrogens (tertiary/aromatic N) is 2. The predicted molar refractivity (Wildman–Crippen MR) is 104 cm³/mol. The van der Waals surface area contributed by atoms with Crippen molar-refractivity contribution in [1.29, 1.82) is 0 Å². The highest BCUT2D eigenvalue weighted by molar-refractivity contribution is 5.94. The predicted octanol–water partition coefficient (Wildman–Crippen LogP) is 3.66. The maximum absolute atomic E-state index is 12.2. The van der Waals surface area contributed by atoms with E-state index in [1.807, 2.05) is 31.2 Å². The molecule has 0 bridgehead atoms. The molecular weight excluding hydrogens is 340 g/mol. The maximum atomic E-state index is 12.2. The van der Waals surface area contributed by atoms with Crippen molar-refractivity contribution in [3.05, 3.63) is 83.0 Å². The average molecular weight is 360 g/mol. The van der Waals surface area contributed by atoms with Gasteiger partial charge in [0.15, 0.2) is 17.3 Å². The molecule has 0 radical (unpaired) electrons. The first kappa shape index (κ1) is 18.3. The molecule has 0 aliphatic heterocycles. The Morgan fingerprint density at radius 2 is 1.67 bits per heavy atom. The summed E-state index contributed by atoms with van der Waals surface area (Å²) in [6.45, 7) is 3.97. The van der Waals surface area contributed by atoms with Crippen LogP contribution in [-0.4, -0.2) is 21.9 Å². The highest BCUT2D eigenvalue weighted by atomic mass is 16.2. The van der Waals surface area contributed by atoms with Crippen LogP contribution in [0.4, 0.5) is 11.5 Å². The molecule has 3 aromatic rings. The standard InChI is InChI=1S/C21H20N4O2/c1-14-5-3-4-6-17(14)13-22-21(27)19-11-12-20(25-24-19)23-18-9-7-16(8-10-18)15(2)26/h3-12H,13H2,1-2H3,(H,22,27)(H,23,25). The van der Waals surface area contributed by atoms with Crippen molar-refractivity contribution in [2.24, 2.45) is 0 Å². The SMILES string of the molecule is CC(=O)c1ccc(Nc2ccc(C(=O)NCc3ccccc3C)nn2)cc1. The second kappa shape index (κ2) is 8.23. The molecule has 6 heteroatoms. The van der Waals surface area contributed by atoms with Gasteiger partial charge in [-0.25, -0.2) is 0 Å². The van der Waals surface area contributed by atoms with Crippen molar-refractivity contribution < 1.29 is 9.59 Å². The van der Waals surface area contributed by atoms with E-state index in [0.29, 0.717) is 17.9 Å². The highest BCUT2D eigenvalue weighted by Gasteiger charge is 2.09. The summed E-state index contributed by atoms with van der Waals surface area (Å²) < 4.78 is 0. The van der Waals surface area contributed by atoms with E-state index < -0.39 is 0 Å². The number of rotatable bonds is 6. The number of aryl methyl sites for hydroxylation is 1. The average Bonchev–Trinajstić information content (AvgIpc) is 2.68. The van der Waals surface area contributed by atoms with Crippen molar-refractivity contribution in [2.75, 3.05) is 5.32 Å². The number of hydrogen-bond donors (Lipinski definition) is 2. The summed E-state index contributed by atoms with van der Waals surface area (Å²) in [6, 6.07) is 18.3. The lowest BCUT2D eigenvalue weighted by molar-refractivity contribution is 0.0944. The van der Waals surface area contributed by atoms with Crippen molar-refractivity contribution in [3.8, 4) is 0 Å². The molecule has 0 saturated carbocycles. The summed E-state index contributed by atoms with van der Waals surface area (Å²) in [7, 11) is 0. The van der Waals surface area contributed by atoms with Gasteiger partial charge in [0, 0.05) is 17.8 Å². The van der Waals surface area contributed by atoms with Gasteiger partial charge in [-0.2, -0.15) is 0 Å². The van der Waals surface area contributed by atoms with Crippen LogP contribution in [0.2, 0.25) is 0 Å². The number of hydrogen-bond acceptors (Lipinski definition) is 5. The molecular formula is C21H20N4O2. The molecule has 0 spiro atoms. The van der Waals surface area contributed by atoms with E-state index in [9.17, 15) is 9.59 Å². The van der Waals surface area contributed by atoms with Crippen LogP contribution in [0, 0.1) is 6.92 Å². The third kappa shape index (κ3) is 4.76. The maximum Gasteiger partial charge on any atom is 0.272 e. The summed E-state index contributed by atoms with van der Waals surface area (Å²) in [6.07, 6.45) is 0. The van der Waals surface area contributed by atoms with Crippen LogP contribution in [0.5, 0.6) is 0 Å². The number of ketones is 1. The van der Waals surface area contributed by atoms with Gasteiger partial charge in [0.25, 0.3) is 5.91 Å². The van der Waals surface area contributed by atoms with E-state index in [0.717, 1.165) is 16.8 Å². The molecule has 2 aromatic carbocycles. The van der Waals surface area contributed by atoms with Crippen LogP contribution in [0.1, 0.15) is 38.9 Å². The first-order chi connectivity index (χ1) is 13.0. The molecule has 27 heavy (non-hydrogen) atoms. The van der Waals surface area contributed by atoms with Crippen LogP contribution in [0.3, 0.4) is 0 Å². The largest absolute Gasteiger partial charge is 0.347 e. The van der Waals surface area contributed by atoms with Crippen LogP contribution in [0.25, 0.3) is 0 Å². The molecule has 0 aliphatic carbocycles. The minimum absolute atomic E-state index is 0.0161. The van der Waals surface area contributed by atoms with Crippen molar-refractivity contribution in [3.63, 3.8) is 0 Å². The minimum atomic E-state index is -0.275. The minimum Gasteiger partial charge on any atom is -0.347 e. The molecule has 136 valence electrons. The Balaban J connectivity index is 1.60. The zero-order valence-electron chi connectivity index (χ0n) is 15.2. The monoisotopic (exact) mass is 360 g/mol. The smallest absolute Gasteiger partial charge is 0.272 e. The zero-order valence-corrected chi connectivity index (χ0v) is 15.2. The summed E-state index contributed by atoms with van der Waals surface area (Å²) in [5.41, 5.74) is 3.87. The first-order valence-electron chi connectivity index (χ1n) is 8.57. The van der Waals surface area contributed by atoms with Crippen molar-refractivity contribution >= 4 is 23.2 Å². The summed E-state index contributed by atoms with van der Waals surface area (Å²) in [4.78, 5) is 23.5. The molecule has 0 atom stereocenters. The van der Waals surface area contributed by atoms with E-state index in [-0.39, 0.29) is 17.4 Å². The van der Waals surface area contributed by atoms with Crippen LogP contribution in [-0.2, 0) is 6.54 Å². The number of carbonyl (C=O) groups excluding carboxylic acids is 2. The number of Topliss-reactive ketones (excluding diaryl/α,β-unsaturated/α-hetero) is 1. The quantitative estimate of drug-likeness (QED) is 0.656. The Morgan fingerprint density at radius 3 is 2.30 bits per heavy atom. The molecule has 6 nitrogen and oxygen atoms in total. The topological polar surface area (TPSA) is 84.0 Å². The molecule has 1 heterocycles. The van der Waals surface area contributed by atoms with Gasteiger partial charge in [-0.3, -0.25) is 9.59 Å². The van der Waals surface area contributed by atoms with Crippen LogP contribution in [0.15, 0.2) is 60.7 Å². The Bertz CT molecular complexity index is 951. The lowest BCUT2D eigenvalue weighted by Gasteiger charge is -2.08. The number of anilines is 2. The molecule has 0 aliphatic rings. The Morgan fingerprint density at radius 1 is 0.926 bits per heavy atom. The van der Waals surface area contributed by atoms with E-state index in [4.69, 9.17) is 0 Å². The van der Waals surface area contributed by atoms with Gasteiger partial charge >= 0.3 is 0 Å². The number of benzene rings is 2. The van der Waals surface area contributed by atoms with Gasteiger partial charge in [0.05, 0.1) is 0 Å². The fraction of sp³-hybridized carbons (Fsp3) is 0.143. The van der Waals surface area contributed by atoms with Gasteiger partial charge in [-0.15, -0.1) is 10.2 Å². The molecule has 1 amide bonds. The second-order valence-corrected chi connectivity index (χ2v) is 6.17. The van der Waals surface area contributed by atoms with E-state index >= 15 is 0 Å². The number of amides is 1. The van der Waals surface area contributed by atoms with Gasteiger partial charge in [-0.05, 0) is 61.4 Å². The fourth-order valence-electron chi connectivity index (χ4n) is 2.53. The molecule has 1 aromatic heterocycles. The number of nitrogens with one attached hydrogen (secondary N) is 2. The molecule has 2 N–H and O–H groups in total. The lowest BCUT2D eigenvalue weighted by Crippen LogP contribution is -2.24. The van der Waals surface area contributed by atoms with Gasteiger partial charge in [0.1, 0.15) is 0 Å². The Labute approximate surface area is 157 Å². The molecule has 0 saturated heterocycles. The van der Waals surface area contributed by atoms with Crippen LogP contribution < -0.4 is 10.6 Å². The van der Waals surface area contributed by atoms with E-state index in [1.54, 1.807) is 36.4 Å². The Hall–Kier alpha value is -3.54. The zero-order chi connectivity index (χ0) is 19.2. The molecule has 0 unspecified atom stereocenters. The van der Waals surface area contributed by atoms with E-state index in [1.165, 1.54) is 6.92 Å². The third-order valence-electron chi connectivity index (χ3n) is 4.16. The number of aromatic nitrogens is 2. The van der Waals surface area contributed by atoms with Gasteiger partial charge in [0.2, 0.25) is 0 Å². The number of carbonyl (C=O) groups is 2.